The summed E-state index contributed by atoms with van der Waals surface area (Å²) < 4.78 is 11.2. The maximum Gasteiger partial charge on any atom is 0.408 e. The third-order valence-corrected chi connectivity index (χ3v) is 8.25. The second-order valence-electron chi connectivity index (χ2n) is 14.3. The van der Waals surface area contributed by atoms with Gasteiger partial charge in [0, 0.05) is 6.20 Å². The number of pyridine rings is 1. The normalized spacial score (nSPS) is 19.0. The molecule has 1 aliphatic rings. The van der Waals surface area contributed by atoms with Crippen molar-refractivity contribution in [2.75, 3.05) is 0 Å². The Morgan fingerprint density at radius 2 is 1.70 bits per heavy atom. The van der Waals surface area contributed by atoms with E-state index in [4.69, 9.17) is 14.5 Å². The van der Waals surface area contributed by atoms with Crippen molar-refractivity contribution >= 4 is 12.2 Å². The molecule has 1 aliphatic carbocycles. The zero-order valence-corrected chi connectivity index (χ0v) is 28.0. The third kappa shape index (κ3) is 9.66. The van der Waals surface area contributed by atoms with Gasteiger partial charge >= 0.3 is 12.2 Å². The molecule has 3 N–H and O–H groups in total. The summed E-state index contributed by atoms with van der Waals surface area (Å²) in [4.78, 5) is 30.8. The molecule has 0 bridgehead atoms. The van der Waals surface area contributed by atoms with Gasteiger partial charge in [-0.05, 0) is 92.2 Å². The second kappa shape index (κ2) is 14.5. The number of hydrogen-bond donors (Lipinski definition) is 3. The number of aliphatic hydroxyl groups is 1. The summed E-state index contributed by atoms with van der Waals surface area (Å²) in [6.45, 7) is 15.8. The average molecular weight is 628 g/mol. The van der Waals surface area contributed by atoms with Crippen LogP contribution in [-0.4, -0.2) is 40.0 Å². The van der Waals surface area contributed by atoms with E-state index in [1.807, 2.05) is 66.7 Å². The van der Waals surface area contributed by atoms with E-state index in [0.29, 0.717) is 19.3 Å². The number of nitrogens with one attached hydrogen (secondary N) is 2. The number of nitrogens with zero attached hydrogens (tertiary/aromatic N) is 1. The highest BCUT2D eigenvalue weighted by Crippen LogP contribution is 2.54. The molecule has 0 spiro atoms. The fraction of sp³-hybridized carbons (Fsp3) is 0.447. The standard InChI is InChI=1S/C38H49N3O5/c1-8-13-26-16-12-17-28(20-26)21-31(40-34(43)46-37(5,6)7)32(42)22-30-24-38(30,33-23-29(18-19-39-33)36(2,3)4)41-35(44)45-25-27-14-10-9-11-15-27/h8-12,14-20,23,30-32,42H,1,13,21-22,24-25H2,2-7H3,(H,40,43)(H,41,44)/t30-,31-,32?,38?/m0/s1. The van der Waals surface area contributed by atoms with E-state index in [1.54, 1.807) is 27.0 Å². The molecule has 246 valence electrons. The van der Waals surface area contributed by atoms with Crippen LogP contribution in [0.15, 0.2) is 85.6 Å². The first kappa shape index (κ1) is 34.7. The molecule has 1 heterocycles. The maximum absolute atomic E-state index is 13.2. The Hall–Kier alpha value is -4.17. The number of rotatable bonds is 12. The molecule has 1 fully saturated rings. The van der Waals surface area contributed by atoms with Gasteiger partial charge in [0.15, 0.2) is 0 Å². The average Bonchev–Trinajstić information content (AvgIpc) is 3.67. The van der Waals surface area contributed by atoms with Gasteiger partial charge in [-0.3, -0.25) is 4.98 Å². The molecular formula is C38H49N3O5. The lowest BCUT2D eigenvalue weighted by molar-refractivity contribution is 0.0403. The van der Waals surface area contributed by atoms with Crippen molar-refractivity contribution in [1.29, 1.82) is 0 Å². The Labute approximate surface area is 273 Å². The summed E-state index contributed by atoms with van der Waals surface area (Å²) in [7, 11) is 0. The fourth-order valence-electron chi connectivity index (χ4n) is 5.73. The van der Waals surface area contributed by atoms with Gasteiger partial charge in [0.2, 0.25) is 0 Å². The molecule has 8 nitrogen and oxygen atoms in total. The molecule has 2 amide bonds. The van der Waals surface area contributed by atoms with E-state index in [9.17, 15) is 14.7 Å². The lowest BCUT2D eigenvalue weighted by Crippen LogP contribution is -2.47. The summed E-state index contributed by atoms with van der Waals surface area (Å²) in [6, 6.07) is 20.9. The first-order chi connectivity index (χ1) is 21.7. The number of aliphatic hydroxyl groups excluding tert-OH is 1. The number of benzene rings is 2. The third-order valence-electron chi connectivity index (χ3n) is 8.25. The number of ether oxygens (including phenoxy) is 2. The molecule has 4 atom stereocenters. The van der Waals surface area contributed by atoms with Crippen LogP contribution < -0.4 is 10.6 Å². The van der Waals surface area contributed by atoms with E-state index in [1.165, 1.54) is 0 Å². The highest BCUT2D eigenvalue weighted by Gasteiger charge is 2.58. The summed E-state index contributed by atoms with van der Waals surface area (Å²) >= 11 is 0. The van der Waals surface area contributed by atoms with E-state index in [-0.39, 0.29) is 17.9 Å². The number of carbonyl (C=O) groups excluding carboxylic acids is 2. The van der Waals surface area contributed by atoms with E-state index >= 15 is 0 Å². The molecule has 46 heavy (non-hydrogen) atoms. The predicted molar refractivity (Wildman–Crippen MR) is 180 cm³/mol. The van der Waals surface area contributed by atoms with Crippen molar-refractivity contribution in [3.63, 3.8) is 0 Å². The Morgan fingerprint density at radius 1 is 1.00 bits per heavy atom. The molecule has 1 saturated carbocycles. The molecule has 2 unspecified atom stereocenters. The fourth-order valence-corrected chi connectivity index (χ4v) is 5.73. The second-order valence-corrected chi connectivity index (χ2v) is 14.3. The Kier molecular flexibility index (Phi) is 10.9. The van der Waals surface area contributed by atoms with Gasteiger partial charge in [0.05, 0.1) is 23.4 Å². The number of carbonyl (C=O) groups is 2. The summed E-state index contributed by atoms with van der Waals surface area (Å²) in [5, 5.41) is 17.7. The van der Waals surface area contributed by atoms with Crippen molar-refractivity contribution in [3.05, 3.63) is 114 Å². The van der Waals surface area contributed by atoms with Crippen LogP contribution in [0, 0.1) is 5.92 Å². The van der Waals surface area contributed by atoms with Crippen LogP contribution >= 0.6 is 0 Å². The maximum atomic E-state index is 13.2. The van der Waals surface area contributed by atoms with Crippen molar-refractivity contribution in [3.8, 4) is 0 Å². The quantitative estimate of drug-likeness (QED) is 0.184. The van der Waals surface area contributed by atoms with Crippen LogP contribution in [0.4, 0.5) is 9.59 Å². The van der Waals surface area contributed by atoms with Crippen molar-refractivity contribution in [2.24, 2.45) is 5.92 Å². The van der Waals surface area contributed by atoms with Crippen molar-refractivity contribution in [2.45, 2.75) is 103 Å². The highest BCUT2D eigenvalue weighted by atomic mass is 16.6. The zero-order valence-electron chi connectivity index (χ0n) is 28.0. The Bertz CT molecular complexity index is 1490. The molecule has 0 aliphatic heterocycles. The molecular weight excluding hydrogens is 578 g/mol. The van der Waals surface area contributed by atoms with Gasteiger partial charge in [-0.1, -0.05) is 81.4 Å². The Morgan fingerprint density at radius 3 is 2.37 bits per heavy atom. The molecule has 8 heteroatoms. The minimum absolute atomic E-state index is 0.126. The summed E-state index contributed by atoms with van der Waals surface area (Å²) in [6.07, 6.45) is 3.53. The van der Waals surface area contributed by atoms with Crippen LogP contribution in [-0.2, 0) is 39.9 Å². The highest BCUT2D eigenvalue weighted by molar-refractivity contribution is 5.70. The lowest BCUT2D eigenvalue weighted by Gasteiger charge is -2.28. The molecule has 0 saturated heterocycles. The summed E-state index contributed by atoms with van der Waals surface area (Å²) in [5.41, 5.74) is 3.13. The molecule has 0 radical (unpaired) electrons. The minimum atomic E-state index is -0.935. The number of alkyl carbamates (subject to hydrolysis) is 2. The monoisotopic (exact) mass is 627 g/mol. The largest absolute Gasteiger partial charge is 0.445 e. The van der Waals surface area contributed by atoms with Gasteiger partial charge in [0.25, 0.3) is 0 Å². The first-order valence-electron chi connectivity index (χ1n) is 16.0. The van der Waals surface area contributed by atoms with Gasteiger partial charge in [-0.2, -0.15) is 0 Å². The molecule has 4 rings (SSSR count). The topological polar surface area (TPSA) is 110 Å². The smallest absolute Gasteiger partial charge is 0.408 e. The molecule has 2 aromatic carbocycles. The van der Waals surface area contributed by atoms with Gasteiger partial charge in [-0.25, -0.2) is 9.59 Å². The minimum Gasteiger partial charge on any atom is -0.445 e. The number of hydrogen-bond acceptors (Lipinski definition) is 6. The molecule has 1 aromatic heterocycles. The van der Waals surface area contributed by atoms with Crippen molar-refractivity contribution in [1.82, 2.24) is 15.6 Å². The first-order valence-corrected chi connectivity index (χ1v) is 16.0. The van der Waals surface area contributed by atoms with E-state index < -0.39 is 35.5 Å². The van der Waals surface area contributed by atoms with Crippen LogP contribution in [0.5, 0.6) is 0 Å². The zero-order chi connectivity index (χ0) is 33.5. The Balaban J connectivity index is 1.57. The van der Waals surface area contributed by atoms with Gasteiger partial charge in [-0.15, -0.1) is 6.58 Å². The van der Waals surface area contributed by atoms with Gasteiger partial charge in [0.1, 0.15) is 12.2 Å². The summed E-state index contributed by atoms with van der Waals surface area (Å²) in [5.74, 6) is -0.149. The SMILES string of the molecule is C=CCc1cccc(C[C@H](NC(=O)OC(C)(C)C)C(O)C[C@H]2CC2(NC(=O)OCc2ccccc2)c2cc(C(C)(C)C)ccn2)c1. The number of allylic oxidation sites excluding steroid dienone is 1. The lowest BCUT2D eigenvalue weighted by atomic mass is 9.86. The van der Waals surface area contributed by atoms with E-state index in [0.717, 1.165) is 34.4 Å². The van der Waals surface area contributed by atoms with Crippen LogP contribution in [0.1, 0.15) is 82.3 Å². The van der Waals surface area contributed by atoms with E-state index in [2.05, 4.69) is 44.1 Å². The molecule has 3 aromatic rings. The predicted octanol–water partition coefficient (Wildman–Crippen LogP) is 7.14. The van der Waals surface area contributed by atoms with Crippen LogP contribution in [0.2, 0.25) is 0 Å². The van der Waals surface area contributed by atoms with Crippen LogP contribution in [0.3, 0.4) is 0 Å². The number of aromatic nitrogens is 1. The van der Waals surface area contributed by atoms with Crippen molar-refractivity contribution < 1.29 is 24.2 Å². The number of amides is 2. The van der Waals surface area contributed by atoms with Crippen LogP contribution in [0.25, 0.3) is 0 Å². The van der Waals surface area contributed by atoms with Gasteiger partial charge < -0.3 is 25.2 Å².